The highest BCUT2D eigenvalue weighted by atomic mass is 35.5. The van der Waals surface area contributed by atoms with Gasteiger partial charge < -0.3 is 15.2 Å². The Kier molecular flexibility index (Phi) is 4.21. The third-order valence-electron chi connectivity index (χ3n) is 4.25. The molecule has 1 aliphatic carbocycles. The maximum atomic E-state index is 12.8. The van der Waals surface area contributed by atoms with Crippen molar-refractivity contribution in [2.45, 2.75) is 36.9 Å². The van der Waals surface area contributed by atoms with E-state index in [9.17, 15) is 4.79 Å². The van der Waals surface area contributed by atoms with Crippen LogP contribution in [0, 0.1) is 0 Å². The quantitative estimate of drug-likeness (QED) is 0.920. The number of ketones is 1. The van der Waals surface area contributed by atoms with E-state index in [1.807, 2.05) is 18.2 Å². The van der Waals surface area contributed by atoms with E-state index in [0.29, 0.717) is 30.4 Å². The predicted octanol–water partition coefficient (Wildman–Crippen LogP) is 2.06. The van der Waals surface area contributed by atoms with Crippen molar-refractivity contribution < 1.29 is 14.3 Å². The van der Waals surface area contributed by atoms with Crippen molar-refractivity contribution in [3.8, 4) is 0 Å². The van der Waals surface area contributed by atoms with Crippen LogP contribution in [0.2, 0.25) is 5.02 Å². The molecule has 1 saturated carbocycles. The highest BCUT2D eigenvalue weighted by Gasteiger charge is 2.52. The molecule has 1 aromatic carbocycles. The lowest BCUT2D eigenvalue weighted by Crippen LogP contribution is -2.54. The number of carbonyl (C=O) groups excluding carboxylic acids is 1. The standard InChI is InChI=1S/C16H19ClN2O3/c1-21-9-12(18)15-19-16(10-5-2-3-6-11(10)17)8-4-7-13(22-15)14(16)20/h2-3,5-6,12-13H,4,7-9,18H2,1H3/t12?,13-,16-/m0/s1. The summed E-state index contributed by atoms with van der Waals surface area (Å²) in [5.41, 5.74) is 5.82. The maximum absolute atomic E-state index is 12.8. The van der Waals surface area contributed by atoms with Crippen LogP contribution in [0.4, 0.5) is 0 Å². The van der Waals surface area contributed by atoms with Gasteiger partial charge in [-0.05, 0) is 25.3 Å². The normalized spacial score (nSPS) is 28.8. The first-order valence-corrected chi connectivity index (χ1v) is 7.76. The maximum Gasteiger partial charge on any atom is 0.205 e. The molecule has 0 radical (unpaired) electrons. The van der Waals surface area contributed by atoms with Gasteiger partial charge in [-0.1, -0.05) is 29.8 Å². The van der Waals surface area contributed by atoms with Crippen molar-refractivity contribution in [3.05, 3.63) is 34.9 Å². The van der Waals surface area contributed by atoms with Crippen LogP contribution < -0.4 is 5.73 Å². The van der Waals surface area contributed by atoms with Gasteiger partial charge in [0.2, 0.25) is 11.7 Å². The van der Waals surface area contributed by atoms with E-state index in [1.165, 1.54) is 0 Å². The molecular formula is C16H19ClN2O3. The average molecular weight is 323 g/mol. The third kappa shape index (κ3) is 2.43. The van der Waals surface area contributed by atoms with Gasteiger partial charge in [0.05, 0.1) is 6.61 Å². The Labute approximate surface area is 134 Å². The van der Waals surface area contributed by atoms with Gasteiger partial charge in [-0.25, -0.2) is 4.99 Å². The highest BCUT2D eigenvalue weighted by Crippen LogP contribution is 2.44. The van der Waals surface area contributed by atoms with Gasteiger partial charge in [-0.15, -0.1) is 0 Å². The van der Waals surface area contributed by atoms with Crippen LogP contribution >= 0.6 is 11.6 Å². The third-order valence-corrected chi connectivity index (χ3v) is 4.58. The lowest BCUT2D eigenvalue weighted by Gasteiger charge is -2.42. The molecule has 1 unspecified atom stereocenters. The molecular weight excluding hydrogens is 304 g/mol. The van der Waals surface area contributed by atoms with E-state index >= 15 is 0 Å². The molecule has 1 heterocycles. The zero-order chi connectivity index (χ0) is 15.7. The van der Waals surface area contributed by atoms with Crippen molar-refractivity contribution in [3.63, 3.8) is 0 Å². The number of benzene rings is 1. The average Bonchev–Trinajstić information content (AvgIpc) is 2.48. The van der Waals surface area contributed by atoms with E-state index in [1.54, 1.807) is 13.2 Å². The predicted molar refractivity (Wildman–Crippen MR) is 84.1 cm³/mol. The van der Waals surface area contributed by atoms with Gasteiger partial charge in [0, 0.05) is 17.7 Å². The summed E-state index contributed by atoms with van der Waals surface area (Å²) in [5, 5.41) is 0.543. The van der Waals surface area contributed by atoms with Crippen molar-refractivity contribution >= 4 is 23.3 Å². The molecule has 2 bridgehead atoms. The second-order valence-corrected chi connectivity index (χ2v) is 6.12. The molecule has 0 spiro atoms. The molecule has 22 heavy (non-hydrogen) atoms. The Morgan fingerprint density at radius 3 is 3.05 bits per heavy atom. The monoisotopic (exact) mass is 322 g/mol. The van der Waals surface area contributed by atoms with Crippen LogP contribution in [-0.2, 0) is 19.8 Å². The zero-order valence-electron chi connectivity index (χ0n) is 12.4. The summed E-state index contributed by atoms with van der Waals surface area (Å²) in [5.74, 6) is 0.353. The first-order chi connectivity index (χ1) is 10.6. The van der Waals surface area contributed by atoms with Crippen LogP contribution in [0.25, 0.3) is 0 Å². The molecule has 5 nitrogen and oxygen atoms in total. The minimum atomic E-state index is -0.972. The molecule has 3 rings (SSSR count). The van der Waals surface area contributed by atoms with Gasteiger partial charge >= 0.3 is 0 Å². The van der Waals surface area contributed by atoms with E-state index in [2.05, 4.69) is 4.99 Å². The first kappa shape index (κ1) is 15.5. The summed E-state index contributed by atoms with van der Waals surface area (Å²) in [6.07, 6.45) is 1.67. The fourth-order valence-electron chi connectivity index (χ4n) is 3.19. The number of rotatable bonds is 4. The van der Waals surface area contributed by atoms with Gasteiger partial charge in [-0.3, -0.25) is 4.79 Å². The van der Waals surface area contributed by atoms with Crippen LogP contribution in [0.15, 0.2) is 29.3 Å². The lowest BCUT2D eigenvalue weighted by atomic mass is 9.74. The first-order valence-electron chi connectivity index (χ1n) is 7.39. The molecule has 0 aromatic heterocycles. The van der Waals surface area contributed by atoms with Gasteiger partial charge in [-0.2, -0.15) is 0 Å². The molecule has 0 amide bonds. The SMILES string of the molecule is COCC(N)C1=N[C@]2(c3ccccc3Cl)CCC[C@H](O1)C2=O. The number of Topliss-reactive ketones (excluding diaryl/α,β-unsaturated/α-hetero) is 1. The summed E-state index contributed by atoms with van der Waals surface area (Å²) >= 11 is 6.33. The number of fused-ring (bicyclic) bond motifs is 2. The molecule has 0 saturated heterocycles. The number of halogens is 1. The Bertz CT molecular complexity index is 619. The summed E-state index contributed by atoms with van der Waals surface area (Å²) in [6.45, 7) is 0.290. The van der Waals surface area contributed by atoms with Crippen LogP contribution in [0.3, 0.4) is 0 Å². The second kappa shape index (κ2) is 5.99. The Morgan fingerprint density at radius 1 is 1.55 bits per heavy atom. The van der Waals surface area contributed by atoms with Crippen LogP contribution in [0.1, 0.15) is 24.8 Å². The van der Waals surface area contributed by atoms with Crippen molar-refractivity contribution in [1.29, 1.82) is 0 Å². The molecule has 3 atom stereocenters. The molecule has 1 aliphatic heterocycles. The highest BCUT2D eigenvalue weighted by molar-refractivity contribution is 6.32. The van der Waals surface area contributed by atoms with Crippen molar-refractivity contribution in [1.82, 2.24) is 0 Å². The molecule has 1 aromatic rings. The number of aliphatic imine (C=N–C) groups is 1. The molecule has 1 fully saturated rings. The number of methoxy groups -OCH3 is 1. The van der Waals surface area contributed by atoms with Crippen LogP contribution in [0.5, 0.6) is 0 Å². The zero-order valence-corrected chi connectivity index (χ0v) is 13.2. The molecule has 6 heteroatoms. The number of ether oxygens (including phenoxy) is 2. The van der Waals surface area contributed by atoms with Crippen molar-refractivity contribution in [2.24, 2.45) is 10.7 Å². The van der Waals surface area contributed by atoms with E-state index in [-0.39, 0.29) is 5.78 Å². The lowest BCUT2D eigenvalue weighted by molar-refractivity contribution is -0.137. The number of nitrogens with zero attached hydrogens (tertiary/aromatic N) is 1. The molecule has 118 valence electrons. The van der Waals surface area contributed by atoms with E-state index in [0.717, 1.165) is 12.0 Å². The fourth-order valence-corrected chi connectivity index (χ4v) is 3.49. The minimum absolute atomic E-state index is 0.0276. The Balaban J connectivity index is 2.10. The topological polar surface area (TPSA) is 73.9 Å². The second-order valence-electron chi connectivity index (χ2n) is 5.71. The molecule has 2 N–H and O–H groups in total. The van der Waals surface area contributed by atoms with Gasteiger partial charge in [0.15, 0.2) is 11.6 Å². The van der Waals surface area contributed by atoms with E-state index in [4.69, 9.17) is 26.8 Å². The number of hydrogen-bond acceptors (Lipinski definition) is 5. The van der Waals surface area contributed by atoms with Gasteiger partial charge in [0.25, 0.3) is 0 Å². The Hall–Kier alpha value is -1.43. The number of carbonyl (C=O) groups is 1. The van der Waals surface area contributed by atoms with Crippen molar-refractivity contribution in [2.75, 3.05) is 13.7 Å². The van der Waals surface area contributed by atoms with Gasteiger partial charge in [0.1, 0.15) is 6.04 Å². The smallest absolute Gasteiger partial charge is 0.205 e. The summed E-state index contributed by atoms with van der Waals surface area (Å²) in [6, 6.07) is 6.86. The van der Waals surface area contributed by atoms with Crippen LogP contribution in [-0.4, -0.2) is 37.5 Å². The molecule has 2 aliphatic rings. The summed E-state index contributed by atoms with van der Waals surface area (Å²) in [7, 11) is 1.57. The number of nitrogens with two attached hydrogens (primary N) is 1. The Morgan fingerprint density at radius 2 is 2.32 bits per heavy atom. The summed E-state index contributed by atoms with van der Waals surface area (Å²) in [4.78, 5) is 17.5. The fraction of sp³-hybridized carbons (Fsp3) is 0.500. The minimum Gasteiger partial charge on any atom is -0.468 e. The number of hydrogen-bond donors (Lipinski definition) is 1. The van der Waals surface area contributed by atoms with E-state index < -0.39 is 17.7 Å². The summed E-state index contributed by atoms with van der Waals surface area (Å²) < 4.78 is 10.8. The largest absolute Gasteiger partial charge is 0.468 e.